The maximum Gasteiger partial charge on any atom is 0.306 e. The molecule has 0 spiro atoms. The number of hydrogen-bond donors (Lipinski definition) is 0. The van der Waals surface area contributed by atoms with Crippen LogP contribution in [0.25, 0.3) is 0 Å². The molecule has 19 heavy (non-hydrogen) atoms. The molecular weight excluding hydrogens is 291 g/mol. The van der Waals surface area contributed by atoms with Crippen molar-refractivity contribution in [3.8, 4) is 5.75 Å². The van der Waals surface area contributed by atoms with Gasteiger partial charge in [0.05, 0.1) is 23.1 Å². The van der Waals surface area contributed by atoms with Crippen molar-refractivity contribution < 1.29 is 19.1 Å². The van der Waals surface area contributed by atoms with E-state index < -0.39 is 0 Å². The minimum atomic E-state index is -0.384. The summed E-state index contributed by atoms with van der Waals surface area (Å²) in [6.45, 7) is 1.91. The Hall–Kier alpha value is -1.26. The van der Waals surface area contributed by atoms with Gasteiger partial charge in [0.25, 0.3) is 0 Å². The molecule has 6 heteroatoms. The van der Waals surface area contributed by atoms with Crippen LogP contribution in [-0.2, 0) is 14.3 Å². The first kappa shape index (κ1) is 15.8. The summed E-state index contributed by atoms with van der Waals surface area (Å²) in [6, 6.07) is 4.73. The minimum Gasteiger partial charge on any atom is -0.486 e. The SMILES string of the molecule is CCOC(=O)CCC(=O)COc1ccc(Cl)c(Cl)c1. The number of hydrogen-bond acceptors (Lipinski definition) is 4. The first-order valence-corrected chi connectivity index (χ1v) is 6.53. The second-order valence-corrected chi connectivity index (χ2v) is 4.52. The van der Waals surface area contributed by atoms with Crippen molar-refractivity contribution in [1.29, 1.82) is 0 Å². The average Bonchev–Trinajstić information content (AvgIpc) is 2.38. The van der Waals surface area contributed by atoms with E-state index in [4.69, 9.17) is 32.7 Å². The van der Waals surface area contributed by atoms with Crippen molar-refractivity contribution in [3.63, 3.8) is 0 Å². The van der Waals surface area contributed by atoms with Gasteiger partial charge in [-0.1, -0.05) is 23.2 Å². The van der Waals surface area contributed by atoms with Crippen LogP contribution in [0.1, 0.15) is 19.8 Å². The van der Waals surface area contributed by atoms with Gasteiger partial charge < -0.3 is 9.47 Å². The molecule has 0 N–H and O–H groups in total. The number of rotatable bonds is 7. The number of carbonyl (C=O) groups is 2. The number of ether oxygens (including phenoxy) is 2. The zero-order chi connectivity index (χ0) is 14.3. The van der Waals surface area contributed by atoms with E-state index in [0.29, 0.717) is 22.4 Å². The lowest BCUT2D eigenvalue weighted by molar-refractivity contribution is -0.144. The van der Waals surface area contributed by atoms with E-state index in [1.807, 2.05) is 0 Å². The number of ketones is 1. The van der Waals surface area contributed by atoms with E-state index in [1.165, 1.54) is 6.07 Å². The van der Waals surface area contributed by atoms with Gasteiger partial charge in [0.1, 0.15) is 12.4 Å². The Morgan fingerprint density at radius 1 is 1.16 bits per heavy atom. The molecule has 0 atom stereocenters. The van der Waals surface area contributed by atoms with Gasteiger partial charge in [-0.05, 0) is 19.1 Å². The third-order valence-electron chi connectivity index (χ3n) is 2.20. The van der Waals surface area contributed by atoms with E-state index in [-0.39, 0.29) is 31.2 Å². The van der Waals surface area contributed by atoms with Crippen molar-refractivity contribution in [3.05, 3.63) is 28.2 Å². The van der Waals surface area contributed by atoms with Crippen molar-refractivity contribution in [1.82, 2.24) is 0 Å². The lowest BCUT2D eigenvalue weighted by atomic mass is 10.2. The Kier molecular flexibility index (Phi) is 6.67. The van der Waals surface area contributed by atoms with Gasteiger partial charge in [0, 0.05) is 12.5 Å². The van der Waals surface area contributed by atoms with Gasteiger partial charge in [-0.25, -0.2) is 0 Å². The van der Waals surface area contributed by atoms with E-state index in [0.717, 1.165) is 0 Å². The zero-order valence-corrected chi connectivity index (χ0v) is 12.0. The number of carbonyl (C=O) groups excluding carboxylic acids is 2. The molecule has 0 saturated heterocycles. The largest absolute Gasteiger partial charge is 0.486 e. The molecule has 0 fully saturated rings. The molecule has 0 aliphatic heterocycles. The summed E-state index contributed by atoms with van der Waals surface area (Å²) in [4.78, 5) is 22.5. The number of benzene rings is 1. The normalized spacial score (nSPS) is 10.1. The third kappa shape index (κ3) is 5.94. The zero-order valence-electron chi connectivity index (χ0n) is 10.4. The van der Waals surface area contributed by atoms with Crippen LogP contribution in [-0.4, -0.2) is 25.0 Å². The highest BCUT2D eigenvalue weighted by Crippen LogP contribution is 2.26. The van der Waals surface area contributed by atoms with Crippen molar-refractivity contribution in [2.75, 3.05) is 13.2 Å². The molecule has 0 bridgehead atoms. The molecule has 0 amide bonds. The van der Waals surface area contributed by atoms with Crippen LogP contribution in [0, 0.1) is 0 Å². The highest BCUT2D eigenvalue weighted by Gasteiger charge is 2.09. The van der Waals surface area contributed by atoms with E-state index in [1.54, 1.807) is 19.1 Å². The van der Waals surface area contributed by atoms with Gasteiger partial charge in [-0.2, -0.15) is 0 Å². The first-order chi connectivity index (χ1) is 9.02. The Morgan fingerprint density at radius 3 is 2.53 bits per heavy atom. The van der Waals surface area contributed by atoms with Crippen LogP contribution < -0.4 is 4.74 Å². The topological polar surface area (TPSA) is 52.6 Å². The first-order valence-electron chi connectivity index (χ1n) is 5.78. The van der Waals surface area contributed by atoms with Crippen LogP contribution in [0.15, 0.2) is 18.2 Å². The van der Waals surface area contributed by atoms with Gasteiger partial charge in [-0.3, -0.25) is 9.59 Å². The van der Waals surface area contributed by atoms with Crippen LogP contribution in [0.3, 0.4) is 0 Å². The summed E-state index contributed by atoms with van der Waals surface area (Å²) < 4.78 is 9.97. The average molecular weight is 305 g/mol. The highest BCUT2D eigenvalue weighted by molar-refractivity contribution is 6.42. The van der Waals surface area contributed by atoms with Crippen molar-refractivity contribution in [2.45, 2.75) is 19.8 Å². The van der Waals surface area contributed by atoms with Gasteiger partial charge in [0.15, 0.2) is 5.78 Å². The summed E-state index contributed by atoms with van der Waals surface area (Å²) in [7, 11) is 0. The van der Waals surface area contributed by atoms with Gasteiger partial charge in [0.2, 0.25) is 0 Å². The molecule has 0 saturated carbocycles. The number of Topliss-reactive ketones (excluding diaryl/α,β-unsaturated/α-hetero) is 1. The molecule has 0 radical (unpaired) electrons. The lowest BCUT2D eigenvalue weighted by Gasteiger charge is -2.06. The Balaban J connectivity index is 2.33. The molecule has 104 valence electrons. The number of halogens is 2. The molecular formula is C13H14Cl2O4. The maximum absolute atomic E-state index is 11.5. The van der Waals surface area contributed by atoms with E-state index in [2.05, 4.69) is 0 Å². The Morgan fingerprint density at radius 2 is 1.89 bits per heavy atom. The van der Waals surface area contributed by atoms with Crippen molar-refractivity contribution in [2.24, 2.45) is 0 Å². The molecule has 0 aliphatic rings. The molecule has 1 aromatic rings. The molecule has 0 aromatic heterocycles. The summed E-state index contributed by atoms with van der Waals surface area (Å²) in [6.07, 6.45) is 0.164. The summed E-state index contributed by atoms with van der Waals surface area (Å²) in [5.41, 5.74) is 0. The predicted octanol–water partition coefficient (Wildman–Crippen LogP) is 3.28. The lowest BCUT2D eigenvalue weighted by Crippen LogP contribution is -2.14. The number of esters is 1. The standard InChI is InChI=1S/C13H14Cl2O4/c1-2-18-13(17)6-3-9(16)8-19-10-4-5-11(14)12(15)7-10/h4-5,7H,2-3,6,8H2,1H3. The van der Waals surface area contributed by atoms with Crippen LogP contribution in [0.5, 0.6) is 5.75 Å². The third-order valence-corrected chi connectivity index (χ3v) is 2.94. The fourth-order valence-corrected chi connectivity index (χ4v) is 1.57. The quantitative estimate of drug-likeness (QED) is 0.725. The van der Waals surface area contributed by atoms with Crippen molar-refractivity contribution >= 4 is 35.0 Å². The second-order valence-electron chi connectivity index (χ2n) is 3.71. The summed E-state index contributed by atoms with van der Waals surface area (Å²) in [5, 5.41) is 0.779. The Labute approximate surface area is 121 Å². The Bertz CT molecular complexity index is 460. The van der Waals surface area contributed by atoms with Crippen LogP contribution >= 0.6 is 23.2 Å². The van der Waals surface area contributed by atoms with Crippen LogP contribution in [0.4, 0.5) is 0 Å². The molecule has 1 aromatic carbocycles. The summed E-state index contributed by atoms with van der Waals surface area (Å²) >= 11 is 11.6. The van der Waals surface area contributed by atoms with E-state index in [9.17, 15) is 9.59 Å². The van der Waals surface area contributed by atoms with Crippen LogP contribution in [0.2, 0.25) is 10.0 Å². The molecule has 0 heterocycles. The summed E-state index contributed by atoms with van der Waals surface area (Å²) in [5.74, 6) is -0.108. The van der Waals surface area contributed by atoms with E-state index >= 15 is 0 Å². The molecule has 1 rings (SSSR count). The highest BCUT2D eigenvalue weighted by atomic mass is 35.5. The predicted molar refractivity (Wildman–Crippen MR) is 72.8 cm³/mol. The fraction of sp³-hybridized carbons (Fsp3) is 0.385. The second kappa shape index (κ2) is 8.02. The minimum absolute atomic E-state index is 0.0669. The smallest absolute Gasteiger partial charge is 0.306 e. The fourth-order valence-electron chi connectivity index (χ4n) is 1.28. The molecule has 0 aliphatic carbocycles. The molecule has 4 nitrogen and oxygen atoms in total. The van der Waals surface area contributed by atoms with Gasteiger partial charge in [-0.15, -0.1) is 0 Å². The monoisotopic (exact) mass is 304 g/mol. The molecule has 0 unspecified atom stereocenters. The maximum atomic E-state index is 11.5. The van der Waals surface area contributed by atoms with Gasteiger partial charge >= 0.3 is 5.97 Å².